The summed E-state index contributed by atoms with van der Waals surface area (Å²) in [4.78, 5) is 13.3. The van der Waals surface area contributed by atoms with E-state index in [0.29, 0.717) is 12.5 Å². The summed E-state index contributed by atoms with van der Waals surface area (Å²) in [5.74, 6) is 1.99. The molecule has 0 aliphatic heterocycles. The first-order valence-corrected chi connectivity index (χ1v) is 11.4. The van der Waals surface area contributed by atoms with Crippen molar-refractivity contribution < 1.29 is 0 Å². The van der Waals surface area contributed by atoms with Crippen LogP contribution in [0.4, 0.5) is 0 Å². The summed E-state index contributed by atoms with van der Waals surface area (Å²) in [5.41, 5.74) is 3.75. The third-order valence-electron chi connectivity index (χ3n) is 5.47. The molecule has 4 rings (SSSR count). The van der Waals surface area contributed by atoms with Gasteiger partial charge in [0.1, 0.15) is 12.1 Å². The van der Waals surface area contributed by atoms with Gasteiger partial charge < -0.3 is 10.6 Å². The zero-order valence-corrected chi connectivity index (χ0v) is 18.9. The van der Waals surface area contributed by atoms with Crippen LogP contribution in [0.3, 0.4) is 0 Å². The molecule has 2 aromatic heterocycles. The first kappa shape index (κ1) is 22.3. The summed E-state index contributed by atoms with van der Waals surface area (Å²) in [6.45, 7) is 4.28. The molecule has 0 bridgehead atoms. The van der Waals surface area contributed by atoms with Crippen LogP contribution in [0.2, 0.25) is 0 Å². The molecule has 6 nitrogen and oxygen atoms in total. The maximum Gasteiger partial charge on any atom is 0.191 e. The second-order valence-corrected chi connectivity index (χ2v) is 7.78. The van der Waals surface area contributed by atoms with Gasteiger partial charge in [0.2, 0.25) is 0 Å². The van der Waals surface area contributed by atoms with Crippen molar-refractivity contribution in [3.63, 3.8) is 0 Å². The monoisotopic (exact) mass is 438 g/mol. The summed E-state index contributed by atoms with van der Waals surface area (Å²) in [6, 6.07) is 25.4. The molecular weight excluding hydrogens is 408 g/mol. The van der Waals surface area contributed by atoms with Crippen LogP contribution in [0.15, 0.2) is 103 Å². The fourth-order valence-electron chi connectivity index (χ4n) is 3.84. The lowest BCUT2D eigenvalue weighted by Gasteiger charge is -2.19. The van der Waals surface area contributed by atoms with Crippen LogP contribution >= 0.6 is 0 Å². The predicted molar refractivity (Wildman–Crippen MR) is 134 cm³/mol. The molecule has 2 heterocycles. The summed E-state index contributed by atoms with van der Waals surface area (Å²) < 4.78 is 1.89. The third kappa shape index (κ3) is 6.29. The molecule has 0 saturated carbocycles. The molecule has 0 atom stereocenters. The lowest BCUT2D eigenvalue weighted by atomic mass is 9.88. The molecule has 2 N–H and O–H groups in total. The number of hydrogen-bond acceptors (Lipinski definition) is 3. The van der Waals surface area contributed by atoms with Crippen molar-refractivity contribution in [2.24, 2.45) is 4.99 Å². The molecule has 2 aromatic carbocycles. The minimum Gasteiger partial charge on any atom is -0.357 e. The summed E-state index contributed by atoms with van der Waals surface area (Å²) in [5, 5.41) is 6.87. The molecule has 6 heteroatoms. The molecule has 0 saturated heterocycles. The van der Waals surface area contributed by atoms with Gasteiger partial charge in [-0.1, -0.05) is 60.7 Å². The average Bonchev–Trinajstić information content (AvgIpc) is 3.42. The topological polar surface area (TPSA) is 67.1 Å². The van der Waals surface area contributed by atoms with Gasteiger partial charge in [-0.25, -0.2) is 15.0 Å². The Morgan fingerprint density at radius 3 is 2.30 bits per heavy atom. The normalized spacial score (nSPS) is 11.5. The second-order valence-electron chi connectivity index (χ2n) is 7.78. The molecule has 0 aliphatic rings. The number of nitrogens with one attached hydrogen (secondary N) is 2. The molecule has 0 amide bonds. The van der Waals surface area contributed by atoms with E-state index in [1.54, 1.807) is 12.5 Å². The van der Waals surface area contributed by atoms with E-state index in [-0.39, 0.29) is 0 Å². The Labute approximate surface area is 195 Å². The smallest absolute Gasteiger partial charge is 0.191 e. The van der Waals surface area contributed by atoms with Crippen molar-refractivity contribution >= 4 is 5.96 Å². The Balaban J connectivity index is 1.41. The fourth-order valence-corrected chi connectivity index (χ4v) is 3.84. The van der Waals surface area contributed by atoms with E-state index in [9.17, 15) is 0 Å². The van der Waals surface area contributed by atoms with E-state index < -0.39 is 0 Å². The van der Waals surface area contributed by atoms with E-state index in [1.165, 1.54) is 11.1 Å². The van der Waals surface area contributed by atoms with Crippen molar-refractivity contribution in [2.45, 2.75) is 25.8 Å². The highest BCUT2D eigenvalue weighted by molar-refractivity contribution is 5.79. The van der Waals surface area contributed by atoms with Gasteiger partial charge >= 0.3 is 0 Å². The molecule has 0 radical (unpaired) electrons. The van der Waals surface area contributed by atoms with Gasteiger partial charge in [0.05, 0.1) is 6.54 Å². The van der Waals surface area contributed by atoms with E-state index in [0.717, 1.165) is 36.9 Å². The van der Waals surface area contributed by atoms with Gasteiger partial charge in [-0.05, 0) is 42.2 Å². The number of aliphatic imine (C=N–C) groups is 1. The number of benzene rings is 2. The Bertz CT molecular complexity index is 1080. The Kier molecular flexibility index (Phi) is 7.84. The largest absolute Gasteiger partial charge is 0.357 e. The predicted octanol–water partition coefficient (Wildman–Crippen LogP) is 4.54. The highest BCUT2D eigenvalue weighted by atomic mass is 15.2. The minimum absolute atomic E-state index is 0.334. The van der Waals surface area contributed by atoms with Crippen LogP contribution in [-0.2, 0) is 6.54 Å². The number of guanidine groups is 1. The summed E-state index contributed by atoms with van der Waals surface area (Å²) in [7, 11) is 0. The Morgan fingerprint density at radius 1 is 0.939 bits per heavy atom. The number of aromatic nitrogens is 3. The van der Waals surface area contributed by atoms with Gasteiger partial charge in [0.25, 0.3) is 0 Å². The summed E-state index contributed by atoms with van der Waals surface area (Å²) >= 11 is 0. The van der Waals surface area contributed by atoms with Crippen molar-refractivity contribution in [3.8, 4) is 5.82 Å². The second kappa shape index (κ2) is 11.6. The van der Waals surface area contributed by atoms with Crippen molar-refractivity contribution in [2.75, 3.05) is 13.1 Å². The van der Waals surface area contributed by atoms with E-state index in [1.807, 2.05) is 29.1 Å². The molecular formula is C27H30N6. The van der Waals surface area contributed by atoms with Crippen LogP contribution in [0.1, 0.15) is 36.0 Å². The first-order valence-electron chi connectivity index (χ1n) is 11.4. The molecule has 168 valence electrons. The number of hydrogen-bond donors (Lipinski definition) is 2. The van der Waals surface area contributed by atoms with Crippen molar-refractivity contribution in [1.82, 2.24) is 25.2 Å². The maximum absolute atomic E-state index is 4.79. The van der Waals surface area contributed by atoms with Gasteiger partial charge in [0.15, 0.2) is 5.96 Å². The van der Waals surface area contributed by atoms with Gasteiger partial charge in [-0.2, -0.15) is 0 Å². The maximum atomic E-state index is 4.79. The Morgan fingerprint density at radius 2 is 1.67 bits per heavy atom. The fraction of sp³-hybridized carbons (Fsp3) is 0.222. The molecule has 0 spiro atoms. The first-order chi connectivity index (χ1) is 16.3. The van der Waals surface area contributed by atoms with E-state index in [4.69, 9.17) is 4.99 Å². The van der Waals surface area contributed by atoms with Crippen molar-refractivity contribution in [1.29, 1.82) is 0 Å². The highest BCUT2D eigenvalue weighted by Gasteiger charge is 2.13. The number of nitrogens with zero attached hydrogens (tertiary/aromatic N) is 4. The number of pyridine rings is 1. The average molecular weight is 439 g/mol. The van der Waals surface area contributed by atoms with Crippen LogP contribution in [0.25, 0.3) is 5.82 Å². The van der Waals surface area contributed by atoms with Gasteiger partial charge in [-0.15, -0.1) is 0 Å². The molecule has 33 heavy (non-hydrogen) atoms. The molecule has 0 aliphatic carbocycles. The van der Waals surface area contributed by atoms with Gasteiger partial charge in [0, 0.05) is 37.6 Å². The summed E-state index contributed by atoms with van der Waals surface area (Å²) in [6.07, 6.45) is 8.16. The SMILES string of the molecule is CCNC(=NCc1ccnc(-n2ccnc2)c1)NCCC(c1ccccc1)c1ccccc1. The highest BCUT2D eigenvalue weighted by Crippen LogP contribution is 2.27. The quantitative estimate of drug-likeness (QED) is 0.297. The van der Waals surface area contributed by atoms with Crippen LogP contribution < -0.4 is 10.6 Å². The van der Waals surface area contributed by atoms with Crippen LogP contribution in [0.5, 0.6) is 0 Å². The standard InChI is InChI=1S/C27H30N6/c1-2-29-27(32-20-22-13-15-30-26(19-22)33-18-17-28-21-33)31-16-14-25(23-9-5-3-6-10-23)24-11-7-4-8-12-24/h3-13,15,17-19,21,25H,2,14,16,20H2,1H3,(H2,29,31,32). The molecule has 0 unspecified atom stereocenters. The molecule has 4 aromatic rings. The van der Waals surface area contributed by atoms with Crippen LogP contribution in [0, 0.1) is 0 Å². The third-order valence-corrected chi connectivity index (χ3v) is 5.47. The number of rotatable bonds is 9. The minimum atomic E-state index is 0.334. The van der Waals surface area contributed by atoms with E-state index in [2.05, 4.69) is 88.2 Å². The zero-order valence-electron chi connectivity index (χ0n) is 18.9. The van der Waals surface area contributed by atoms with Crippen LogP contribution in [-0.4, -0.2) is 33.6 Å². The zero-order chi connectivity index (χ0) is 22.7. The lowest BCUT2D eigenvalue weighted by molar-refractivity contribution is 0.679. The Hall–Kier alpha value is -3.93. The molecule has 0 fully saturated rings. The van der Waals surface area contributed by atoms with E-state index >= 15 is 0 Å². The van der Waals surface area contributed by atoms with Gasteiger partial charge in [-0.3, -0.25) is 4.57 Å². The number of imidazole rings is 1. The van der Waals surface area contributed by atoms with Crippen molar-refractivity contribution in [3.05, 3.63) is 114 Å². The lowest BCUT2D eigenvalue weighted by Crippen LogP contribution is -2.38.